The number of nitrogens with zero attached hydrogens (tertiary/aromatic N) is 5. The minimum Gasteiger partial charge on any atom is -0.406 e. The molecule has 0 bridgehead atoms. The number of alkyl halides is 6. The molecule has 1 aromatic carbocycles. The third-order valence-electron chi connectivity index (χ3n) is 6.88. The van der Waals surface area contributed by atoms with E-state index in [0.29, 0.717) is 36.0 Å². The van der Waals surface area contributed by atoms with E-state index in [9.17, 15) is 26.3 Å². The molecule has 1 fully saturated rings. The highest BCUT2D eigenvalue weighted by Crippen LogP contribution is 2.37. The highest BCUT2D eigenvalue weighted by molar-refractivity contribution is 5.63. The maximum Gasteiger partial charge on any atom is 0.573 e. The molecule has 0 aliphatic carbocycles. The minimum absolute atomic E-state index is 0.131. The quantitative estimate of drug-likeness (QED) is 0.382. The first-order chi connectivity index (χ1) is 18.5. The summed E-state index contributed by atoms with van der Waals surface area (Å²) in [6, 6.07) is 7.79. The van der Waals surface area contributed by atoms with E-state index in [1.54, 1.807) is 4.90 Å². The van der Waals surface area contributed by atoms with Gasteiger partial charge in [-0.2, -0.15) is 18.2 Å². The zero-order chi connectivity index (χ0) is 27.8. The van der Waals surface area contributed by atoms with Crippen molar-refractivity contribution in [1.82, 2.24) is 15.0 Å². The van der Waals surface area contributed by atoms with Crippen LogP contribution in [-0.2, 0) is 19.0 Å². The Kier molecular flexibility index (Phi) is 7.17. The summed E-state index contributed by atoms with van der Waals surface area (Å²) in [6.07, 6.45) is -5.32. The van der Waals surface area contributed by atoms with E-state index in [2.05, 4.69) is 26.9 Å². The number of ether oxygens (including phenoxy) is 1. The number of rotatable bonds is 5. The zero-order valence-electron chi connectivity index (χ0n) is 21.0. The normalized spacial score (nSPS) is 18.1. The first-order valence-electron chi connectivity index (χ1n) is 12.5. The van der Waals surface area contributed by atoms with Crippen LogP contribution in [0.5, 0.6) is 5.75 Å². The monoisotopic (exact) mass is 552 g/mol. The molecule has 1 saturated heterocycles. The molecule has 39 heavy (non-hydrogen) atoms. The molecule has 2 aromatic heterocycles. The number of hydrogen-bond acceptors (Lipinski definition) is 7. The lowest BCUT2D eigenvalue weighted by molar-refractivity contribution is -0.274. The van der Waals surface area contributed by atoms with Gasteiger partial charge in [-0.15, -0.1) is 13.2 Å². The van der Waals surface area contributed by atoms with Crippen LogP contribution in [0.1, 0.15) is 36.6 Å². The first kappa shape index (κ1) is 26.8. The van der Waals surface area contributed by atoms with E-state index < -0.39 is 18.1 Å². The molecule has 5 rings (SSSR count). The Morgan fingerprint density at radius 1 is 0.949 bits per heavy atom. The first-order valence-corrected chi connectivity index (χ1v) is 12.5. The second-order valence-corrected chi connectivity index (χ2v) is 9.54. The van der Waals surface area contributed by atoms with E-state index in [-0.39, 0.29) is 30.7 Å². The van der Waals surface area contributed by atoms with Crippen LogP contribution in [0.2, 0.25) is 0 Å². The standard InChI is InChI=1S/C26H26F6N6O/c1-16-4-3-13-38(16)24-35-21-11-15-37(23-20(25(27,28)29)5-2-12-33-23)14-10-19(21)22(36-24)34-17-6-8-18(9-7-17)39-26(30,31)32/h2,5-9,12,16H,3-4,10-11,13-15H2,1H3,(H,34,35,36). The summed E-state index contributed by atoms with van der Waals surface area (Å²) in [4.78, 5) is 17.3. The largest absolute Gasteiger partial charge is 0.573 e. The molecule has 1 atom stereocenters. The van der Waals surface area contributed by atoms with Crippen molar-refractivity contribution in [2.45, 2.75) is 51.2 Å². The number of nitrogens with one attached hydrogen (secondary N) is 1. The van der Waals surface area contributed by atoms with Gasteiger partial charge in [0.25, 0.3) is 0 Å². The fourth-order valence-electron chi connectivity index (χ4n) is 5.01. The van der Waals surface area contributed by atoms with Crippen LogP contribution in [0.3, 0.4) is 0 Å². The van der Waals surface area contributed by atoms with Gasteiger partial charge in [0.2, 0.25) is 5.95 Å². The van der Waals surface area contributed by atoms with Crippen molar-refractivity contribution in [3.05, 3.63) is 59.4 Å². The van der Waals surface area contributed by atoms with Crippen molar-refractivity contribution < 1.29 is 31.1 Å². The zero-order valence-corrected chi connectivity index (χ0v) is 21.0. The molecule has 0 saturated carbocycles. The molecule has 2 aliphatic heterocycles. The maximum atomic E-state index is 13.7. The van der Waals surface area contributed by atoms with Crippen LogP contribution < -0.4 is 19.9 Å². The Bertz CT molecular complexity index is 1310. The van der Waals surface area contributed by atoms with Crippen LogP contribution in [0.15, 0.2) is 42.6 Å². The van der Waals surface area contributed by atoms with Gasteiger partial charge in [-0.05, 0) is 62.6 Å². The molecule has 0 spiro atoms. The molecule has 1 N–H and O–H groups in total. The molecule has 13 heteroatoms. The van der Waals surface area contributed by atoms with Crippen LogP contribution in [0, 0.1) is 0 Å². The Hall–Kier alpha value is -3.77. The number of hydrogen-bond donors (Lipinski definition) is 1. The highest BCUT2D eigenvalue weighted by Gasteiger charge is 2.36. The van der Waals surface area contributed by atoms with Gasteiger partial charge in [0.1, 0.15) is 17.4 Å². The van der Waals surface area contributed by atoms with Gasteiger partial charge in [-0.25, -0.2) is 9.97 Å². The summed E-state index contributed by atoms with van der Waals surface area (Å²) < 4.78 is 82.7. The summed E-state index contributed by atoms with van der Waals surface area (Å²) in [7, 11) is 0. The van der Waals surface area contributed by atoms with E-state index in [1.165, 1.54) is 36.5 Å². The lowest BCUT2D eigenvalue weighted by atomic mass is 10.1. The number of pyridine rings is 1. The molecular weight excluding hydrogens is 526 g/mol. The summed E-state index contributed by atoms with van der Waals surface area (Å²) in [6.45, 7) is 3.39. The molecular formula is C26H26F6N6O. The van der Waals surface area contributed by atoms with Gasteiger partial charge < -0.3 is 19.9 Å². The second-order valence-electron chi connectivity index (χ2n) is 9.54. The van der Waals surface area contributed by atoms with Crippen molar-refractivity contribution in [1.29, 1.82) is 0 Å². The van der Waals surface area contributed by atoms with Crippen molar-refractivity contribution in [3.8, 4) is 5.75 Å². The van der Waals surface area contributed by atoms with Crippen molar-refractivity contribution in [2.24, 2.45) is 0 Å². The molecule has 4 heterocycles. The Morgan fingerprint density at radius 2 is 1.69 bits per heavy atom. The third-order valence-corrected chi connectivity index (χ3v) is 6.88. The van der Waals surface area contributed by atoms with Crippen molar-refractivity contribution in [2.75, 3.05) is 34.8 Å². The Morgan fingerprint density at radius 3 is 2.36 bits per heavy atom. The van der Waals surface area contributed by atoms with Gasteiger partial charge >= 0.3 is 12.5 Å². The predicted octanol–water partition coefficient (Wildman–Crippen LogP) is 6.13. The number of fused-ring (bicyclic) bond motifs is 1. The van der Waals surface area contributed by atoms with Gasteiger partial charge in [0.05, 0.1) is 11.3 Å². The lowest BCUT2D eigenvalue weighted by Gasteiger charge is -2.24. The summed E-state index contributed by atoms with van der Waals surface area (Å²) >= 11 is 0. The van der Waals surface area contributed by atoms with E-state index in [4.69, 9.17) is 9.97 Å². The molecule has 3 aromatic rings. The van der Waals surface area contributed by atoms with E-state index in [1.807, 2.05) is 0 Å². The number of halogens is 6. The average molecular weight is 553 g/mol. The van der Waals surface area contributed by atoms with Crippen LogP contribution in [0.4, 0.5) is 49.6 Å². The maximum absolute atomic E-state index is 13.7. The van der Waals surface area contributed by atoms with Crippen molar-refractivity contribution in [3.63, 3.8) is 0 Å². The molecule has 0 radical (unpaired) electrons. The lowest BCUT2D eigenvalue weighted by Crippen LogP contribution is -2.29. The van der Waals surface area contributed by atoms with Crippen LogP contribution in [-0.4, -0.2) is 47.0 Å². The average Bonchev–Trinajstić information content (AvgIpc) is 3.18. The van der Waals surface area contributed by atoms with Crippen LogP contribution >= 0.6 is 0 Å². The number of anilines is 4. The number of benzene rings is 1. The summed E-state index contributed by atoms with van der Waals surface area (Å²) in [5.41, 5.74) is 1.14. The summed E-state index contributed by atoms with van der Waals surface area (Å²) in [5.74, 6) is 0.500. The van der Waals surface area contributed by atoms with Gasteiger partial charge in [0.15, 0.2) is 0 Å². The number of aromatic nitrogens is 3. The van der Waals surface area contributed by atoms with Gasteiger partial charge in [-0.1, -0.05) is 0 Å². The molecule has 0 amide bonds. The molecule has 7 nitrogen and oxygen atoms in total. The van der Waals surface area contributed by atoms with Gasteiger partial charge in [0, 0.05) is 49.5 Å². The van der Waals surface area contributed by atoms with Gasteiger partial charge in [-0.3, -0.25) is 0 Å². The Balaban J connectivity index is 1.46. The minimum atomic E-state index is -4.80. The fraction of sp³-hybridized carbons (Fsp3) is 0.423. The predicted molar refractivity (Wildman–Crippen MR) is 133 cm³/mol. The Labute approximate surface area is 220 Å². The molecule has 2 aliphatic rings. The van der Waals surface area contributed by atoms with E-state index in [0.717, 1.165) is 31.0 Å². The van der Waals surface area contributed by atoms with E-state index >= 15 is 0 Å². The smallest absolute Gasteiger partial charge is 0.406 e. The third kappa shape index (κ3) is 6.12. The second kappa shape index (κ2) is 10.4. The fourth-order valence-corrected chi connectivity index (χ4v) is 5.01. The SMILES string of the molecule is CC1CCCN1c1nc2c(c(Nc3ccc(OC(F)(F)F)cc3)n1)CCN(c1ncccc1C(F)(F)F)CC2. The summed E-state index contributed by atoms with van der Waals surface area (Å²) in [5, 5.41) is 3.19. The topological polar surface area (TPSA) is 66.4 Å². The molecule has 1 unspecified atom stereocenters. The van der Waals surface area contributed by atoms with Crippen molar-refractivity contribution >= 4 is 23.3 Å². The molecule has 208 valence electrons. The van der Waals surface area contributed by atoms with Crippen LogP contribution in [0.25, 0.3) is 0 Å². The highest BCUT2D eigenvalue weighted by atomic mass is 19.4.